The smallest absolute Gasteiger partial charge is 0.123 e. The van der Waals surface area contributed by atoms with Gasteiger partial charge in [-0.1, -0.05) is 50.2 Å². The van der Waals surface area contributed by atoms with Crippen molar-refractivity contribution in [2.45, 2.75) is 39.8 Å². The number of aliphatic hydroxyl groups is 1. The quantitative estimate of drug-likeness (QED) is 0.640. The lowest BCUT2D eigenvalue weighted by Crippen LogP contribution is -2.36. The van der Waals surface area contributed by atoms with Crippen molar-refractivity contribution in [3.8, 4) is 11.5 Å². The second kappa shape index (κ2) is 11.0. The van der Waals surface area contributed by atoms with Gasteiger partial charge in [0.2, 0.25) is 0 Å². The summed E-state index contributed by atoms with van der Waals surface area (Å²) < 4.78 is 11.3. The number of hydrogen-bond acceptors (Lipinski definition) is 4. The molecule has 0 unspecified atom stereocenters. The lowest BCUT2D eigenvalue weighted by Gasteiger charge is -2.26. The Balaban J connectivity index is 1.97. The molecule has 0 radical (unpaired) electrons. The lowest BCUT2D eigenvalue weighted by atomic mass is 10.1. The minimum atomic E-state index is -0.550. The van der Waals surface area contributed by atoms with E-state index < -0.39 is 6.10 Å². The average molecular weight is 372 g/mol. The van der Waals surface area contributed by atoms with Crippen LogP contribution in [0.2, 0.25) is 0 Å². The molecule has 1 atom stereocenters. The Kier molecular flexibility index (Phi) is 8.62. The van der Waals surface area contributed by atoms with Crippen LogP contribution in [-0.4, -0.2) is 42.9 Å². The predicted molar refractivity (Wildman–Crippen MR) is 110 cm³/mol. The van der Waals surface area contributed by atoms with Crippen molar-refractivity contribution in [3.05, 3.63) is 59.7 Å². The standard InChI is InChI=1S/C23H33NO3/c1-18(2)13-14-24(15-20-10-6-8-12-23(20)26-4)16-21(25)17-27-22-11-7-5-9-19(22)3/h5-12,18,21,25H,13-17H2,1-4H3/t21-/m1/s1. The van der Waals surface area contributed by atoms with E-state index in [1.54, 1.807) is 7.11 Å². The van der Waals surface area contributed by atoms with Gasteiger partial charge in [0.1, 0.15) is 24.2 Å². The fourth-order valence-corrected chi connectivity index (χ4v) is 3.01. The van der Waals surface area contributed by atoms with Gasteiger partial charge in [-0.15, -0.1) is 0 Å². The topological polar surface area (TPSA) is 41.9 Å². The molecule has 27 heavy (non-hydrogen) atoms. The van der Waals surface area contributed by atoms with Gasteiger partial charge in [-0.2, -0.15) is 0 Å². The number of para-hydroxylation sites is 2. The highest BCUT2D eigenvalue weighted by Gasteiger charge is 2.16. The van der Waals surface area contributed by atoms with Crippen LogP contribution in [0, 0.1) is 12.8 Å². The van der Waals surface area contributed by atoms with Crippen LogP contribution in [0.5, 0.6) is 11.5 Å². The van der Waals surface area contributed by atoms with Crippen molar-refractivity contribution >= 4 is 0 Å². The van der Waals surface area contributed by atoms with Gasteiger partial charge in [-0.05, 0) is 43.5 Å². The molecule has 0 saturated heterocycles. The first-order chi connectivity index (χ1) is 13.0. The molecule has 0 saturated carbocycles. The maximum atomic E-state index is 10.5. The second-order valence-electron chi connectivity index (χ2n) is 7.46. The highest BCUT2D eigenvalue weighted by atomic mass is 16.5. The van der Waals surface area contributed by atoms with Crippen LogP contribution in [0.1, 0.15) is 31.4 Å². The van der Waals surface area contributed by atoms with Crippen molar-refractivity contribution in [1.29, 1.82) is 0 Å². The van der Waals surface area contributed by atoms with Gasteiger partial charge >= 0.3 is 0 Å². The Morgan fingerprint density at radius 2 is 1.67 bits per heavy atom. The molecule has 2 aromatic carbocycles. The van der Waals surface area contributed by atoms with Gasteiger partial charge in [0.25, 0.3) is 0 Å². The Hall–Kier alpha value is -2.04. The molecule has 0 aliphatic carbocycles. The maximum Gasteiger partial charge on any atom is 0.123 e. The third-order valence-electron chi connectivity index (χ3n) is 4.60. The summed E-state index contributed by atoms with van der Waals surface area (Å²) in [4.78, 5) is 2.28. The number of ether oxygens (including phenoxy) is 2. The summed E-state index contributed by atoms with van der Waals surface area (Å²) in [7, 11) is 1.70. The minimum Gasteiger partial charge on any atom is -0.496 e. The highest BCUT2D eigenvalue weighted by molar-refractivity contribution is 5.33. The maximum absolute atomic E-state index is 10.5. The fourth-order valence-electron chi connectivity index (χ4n) is 3.01. The number of rotatable bonds is 11. The number of methoxy groups -OCH3 is 1. The molecule has 4 nitrogen and oxygen atoms in total. The van der Waals surface area contributed by atoms with Crippen molar-refractivity contribution in [2.75, 3.05) is 26.8 Å². The van der Waals surface area contributed by atoms with E-state index in [2.05, 4.69) is 24.8 Å². The summed E-state index contributed by atoms with van der Waals surface area (Å²) in [5, 5.41) is 10.5. The third-order valence-corrected chi connectivity index (χ3v) is 4.60. The molecule has 2 rings (SSSR count). The summed E-state index contributed by atoms with van der Waals surface area (Å²) in [6, 6.07) is 15.9. The van der Waals surface area contributed by atoms with E-state index >= 15 is 0 Å². The lowest BCUT2D eigenvalue weighted by molar-refractivity contribution is 0.0634. The van der Waals surface area contributed by atoms with E-state index in [0.29, 0.717) is 12.5 Å². The highest BCUT2D eigenvalue weighted by Crippen LogP contribution is 2.20. The first kappa shape index (κ1) is 21.3. The molecule has 0 amide bonds. The molecule has 2 aromatic rings. The van der Waals surface area contributed by atoms with Crippen LogP contribution in [-0.2, 0) is 6.54 Å². The van der Waals surface area contributed by atoms with E-state index in [-0.39, 0.29) is 6.61 Å². The number of aryl methyl sites for hydroxylation is 1. The van der Waals surface area contributed by atoms with Gasteiger partial charge in [0.15, 0.2) is 0 Å². The number of hydrogen-bond donors (Lipinski definition) is 1. The van der Waals surface area contributed by atoms with Gasteiger partial charge in [-0.25, -0.2) is 0 Å². The van der Waals surface area contributed by atoms with E-state index in [0.717, 1.165) is 42.1 Å². The molecule has 148 valence electrons. The van der Waals surface area contributed by atoms with Crippen LogP contribution in [0.15, 0.2) is 48.5 Å². The molecular formula is C23H33NO3. The van der Waals surface area contributed by atoms with Gasteiger partial charge in [-0.3, -0.25) is 4.90 Å². The molecule has 0 aromatic heterocycles. The molecule has 0 fully saturated rings. The normalized spacial score (nSPS) is 12.4. The molecule has 0 bridgehead atoms. The van der Waals surface area contributed by atoms with Crippen molar-refractivity contribution in [3.63, 3.8) is 0 Å². The van der Waals surface area contributed by atoms with E-state index in [9.17, 15) is 5.11 Å². The molecule has 1 N–H and O–H groups in total. The van der Waals surface area contributed by atoms with Crippen molar-refractivity contribution in [2.24, 2.45) is 5.92 Å². The summed E-state index contributed by atoms with van der Waals surface area (Å²) in [5.74, 6) is 2.33. The summed E-state index contributed by atoms with van der Waals surface area (Å²) >= 11 is 0. The number of benzene rings is 2. The zero-order chi connectivity index (χ0) is 19.6. The number of aliphatic hydroxyl groups excluding tert-OH is 1. The Morgan fingerprint density at radius 3 is 2.33 bits per heavy atom. The average Bonchev–Trinajstić information content (AvgIpc) is 2.66. The Bertz CT molecular complexity index is 687. The van der Waals surface area contributed by atoms with Crippen LogP contribution in [0.3, 0.4) is 0 Å². The van der Waals surface area contributed by atoms with Gasteiger partial charge in [0, 0.05) is 18.7 Å². The monoisotopic (exact) mass is 371 g/mol. The van der Waals surface area contributed by atoms with Crippen LogP contribution >= 0.6 is 0 Å². The number of nitrogens with zero attached hydrogens (tertiary/aromatic N) is 1. The van der Waals surface area contributed by atoms with E-state index in [1.807, 2.05) is 49.4 Å². The summed E-state index contributed by atoms with van der Waals surface area (Å²) in [6.45, 7) is 8.98. The predicted octanol–water partition coefficient (Wildman–Crippen LogP) is 4.29. The molecule has 0 aliphatic heterocycles. The SMILES string of the molecule is COc1ccccc1CN(CCC(C)C)C[C@@H](O)COc1ccccc1C. The summed E-state index contributed by atoms with van der Waals surface area (Å²) in [6.07, 6.45) is 0.534. The summed E-state index contributed by atoms with van der Waals surface area (Å²) in [5.41, 5.74) is 2.21. The van der Waals surface area contributed by atoms with Crippen LogP contribution in [0.4, 0.5) is 0 Å². The van der Waals surface area contributed by atoms with Gasteiger partial charge in [0.05, 0.1) is 7.11 Å². The minimum absolute atomic E-state index is 0.287. The second-order valence-corrected chi connectivity index (χ2v) is 7.46. The van der Waals surface area contributed by atoms with Gasteiger partial charge < -0.3 is 14.6 Å². The largest absolute Gasteiger partial charge is 0.496 e. The zero-order valence-electron chi connectivity index (χ0n) is 17.0. The first-order valence-corrected chi connectivity index (χ1v) is 9.70. The van der Waals surface area contributed by atoms with E-state index in [1.165, 1.54) is 0 Å². The molecule has 0 spiro atoms. The Labute approximate surface area is 163 Å². The third kappa shape index (κ3) is 7.24. The first-order valence-electron chi connectivity index (χ1n) is 9.70. The fraction of sp³-hybridized carbons (Fsp3) is 0.478. The van der Waals surface area contributed by atoms with Crippen molar-refractivity contribution in [1.82, 2.24) is 4.90 Å². The molecule has 0 aliphatic rings. The van der Waals surface area contributed by atoms with Crippen LogP contribution < -0.4 is 9.47 Å². The molecular weight excluding hydrogens is 338 g/mol. The van der Waals surface area contributed by atoms with E-state index in [4.69, 9.17) is 9.47 Å². The molecule has 0 heterocycles. The van der Waals surface area contributed by atoms with Crippen LogP contribution in [0.25, 0.3) is 0 Å². The van der Waals surface area contributed by atoms with Crippen molar-refractivity contribution < 1.29 is 14.6 Å². The zero-order valence-corrected chi connectivity index (χ0v) is 17.0. The molecule has 4 heteroatoms. The Morgan fingerprint density at radius 1 is 1.00 bits per heavy atom.